The Bertz CT molecular complexity index is 1480. The molecule has 168 valence electrons. The Labute approximate surface area is 196 Å². The number of ether oxygens (including phenoxy) is 1. The van der Waals surface area contributed by atoms with Crippen LogP contribution in [0.25, 0.3) is 10.9 Å². The number of aromatic nitrogens is 4. The van der Waals surface area contributed by atoms with Crippen LogP contribution in [0.4, 0.5) is 0 Å². The molecule has 0 unspecified atom stereocenters. The van der Waals surface area contributed by atoms with Crippen LogP contribution in [-0.2, 0) is 20.1 Å². The predicted molar refractivity (Wildman–Crippen MR) is 126 cm³/mol. The van der Waals surface area contributed by atoms with E-state index in [1.165, 1.54) is 23.9 Å². The van der Waals surface area contributed by atoms with Crippen LogP contribution in [0.2, 0.25) is 0 Å². The minimum Gasteiger partial charge on any atom is -0.481 e. The molecule has 1 N–H and O–H groups in total. The molecule has 3 heterocycles. The first-order valence-corrected chi connectivity index (χ1v) is 10.8. The molecule has 0 bridgehead atoms. The van der Waals surface area contributed by atoms with Gasteiger partial charge in [-0.25, -0.2) is 14.8 Å². The lowest BCUT2D eigenvalue weighted by Gasteiger charge is -2.12. The summed E-state index contributed by atoms with van der Waals surface area (Å²) in [6.07, 6.45) is 2.95. The smallest absolute Gasteiger partial charge is 0.331 e. The summed E-state index contributed by atoms with van der Waals surface area (Å²) < 4.78 is 8.43. The molecule has 33 heavy (non-hydrogen) atoms. The third kappa shape index (κ3) is 4.70. The maximum Gasteiger partial charge on any atom is 0.331 e. The molecule has 1 amide bonds. The van der Waals surface area contributed by atoms with Crippen molar-refractivity contribution in [3.63, 3.8) is 0 Å². The zero-order valence-corrected chi connectivity index (χ0v) is 19.5. The molecule has 4 rings (SSSR count). The van der Waals surface area contributed by atoms with Gasteiger partial charge in [-0.05, 0) is 35.4 Å². The first-order chi connectivity index (χ1) is 15.9. The van der Waals surface area contributed by atoms with Crippen molar-refractivity contribution < 1.29 is 9.53 Å². The number of nitrogens with zero attached hydrogens (tertiary/aromatic N) is 4. The Morgan fingerprint density at radius 3 is 2.70 bits per heavy atom. The molecule has 0 aliphatic rings. The molecule has 0 saturated carbocycles. The summed E-state index contributed by atoms with van der Waals surface area (Å²) in [5, 5.41) is 3.00. The van der Waals surface area contributed by atoms with Crippen LogP contribution in [-0.4, -0.2) is 32.1 Å². The number of amides is 1. The van der Waals surface area contributed by atoms with Crippen LogP contribution >= 0.6 is 15.9 Å². The fraction of sp³-hybridized carbons (Fsp3) is 0.174. The zero-order chi connectivity index (χ0) is 23.5. The van der Waals surface area contributed by atoms with Gasteiger partial charge in [-0.2, -0.15) is 0 Å². The highest BCUT2D eigenvalue weighted by Gasteiger charge is 2.15. The van der Waals surface area contributed by atoms with E-state index in [0.717, 1.165) is 20.2 Å². The van der Waals surface area contributed by atoms with Gasteiger partial charge in [0.25, 0.3) is 11.5 Å². The molecule has 0 aliphatic carbocycles. The monoisotopic (exact) mass is 509 g/mol. The van der Waals surface area contributed by atoms with E-state index in [2.05, 4.69) is 31.2 Å². The van der Waals surface area contributed by atoms with E-state index in [0.29, 0.717) is 11.4 Å². The number of carbonyl (C=O) groups is 1. The Balaban J connectivity index is 1.66. The van der Waals surface area contributed by atoms with Gasteiger partial charge in [-0.1, -0.05) is 28.1 Å². The van der Waals surface area contributed by atoms with Crippen LogP contribution in [0, 0.1) is 0 Å². The van der Waals surface area contributed by atoms with Crippen molar-refractivity contribution in [3.05, 3.63) is 97.0 Å². The summed E-state index contributed by atoms with van der Waals surface area (Å²) in [5.41, 5.74) is 1.08. The first kappa shape index (κ1) is 22.4. The van der Waals surface area contributed by atoms with Crippen LogP contribution in [0.15, 0.2) is 68.9 Å². The number of hydrogen-bond acceptors (Lipinski definition) is 6. The Kier molecular flexibility index (Phi) is 6.36. The molecule has 0 atom stereocenters. The van der Waals surface area contributed by atoms with Crippen LogP contribution < -0.4 is 21.3 Å². The molecule has 3 aromatic heterocycles. The third-order valence-electron chi connectivity index (χ3n) is 5.16. The first-order valence-electron chi connectivity index (χ1n) is 9.98. The standard InChI is InChI=1S/C23H20BrN5O4/c1-28-19-12-26-18(21(30)27-11-14-6-7-25-20(9-14)33-2)10-17(19)22(31)29(23(28)32)13-15-4-3-5-16(24)8-15/h3-10,12H,11,13H2,1-2H3,(H,27,30). The van der Waals surface area contributed by atoms with E-state index in [4.69, 9.17) is 4.74 Å². The molecular formula is C23H20BrN5O4. The van der Waals surface area contributed by atoms with Crippen molar-refractivity contribution in [2.75, 3.05) is 7.11 Å². The molecule has 9 nitrogen and oxygen atoms in total. The largest absolute Gasteiger partial charge is 0.481 e. The number of benzene rings is 1. The average Bonchev–Trinajstić information content (AvgIpc) is 2.83. The fourth-order valence-electron chi connectivity index (χ4n) is 3.43. The van der Waals surface area contributed by atoms with Gasteiger partial charge in [0.1, 0.15) is 5.69 Å². The Morgan fingerprint density at radius 1 is 1.12 bits per heavy atom. The number of halogens is 1. The van der Waals surface area contributed by atoms with Crippen molar-refractivity contribution in [2.45, 2.75) is 13.1 Å². The van der Waals surface area contributed by atoms with Crippen molar-refractivity contribution in [3.8, 4) is 5.88 Å². The van der Waals surface area contributed by atoms with Gasteiger partial charge in [0.15, 0.2) is 0 Å². The summed E-state index contributed by atoms with van der Waals surface area (Å²) in [6.45, 7) is 0.340. The Hall–Kier alpha value is -3.79. The number of rotatable bonds is 6. The molecule has 0 spiro atoms. The summed E-state index contributed by atoms with van der Waals surface area (Å²) >= 11 is 3.40. The molecular weight excluding hydrogens is 490 g/mol. The molecule has 1 aromatic carbocycles. The second-order valence-electron chi connectivity index (χ2n) is 7.34. The van der Waals surface area contributed by atoms with Crippen molar-refractivity contribution in [2.24, 2.45) is 7.05 Å². The van der Waals surface area contributed by atoms with E-state index in [-0.39, 0.29) is 24.2 Å². The number of hydrogen-bond donors (Lipinski definition) is 1. The lowest BCUT2D eigenvalue weighted by Crippen LogP contribution is -2.39. The number of aryl methyl sites for hydroxylation is 1. The lowest BCUT2D eigenvalue weighted by atomic mass is 10.2. The Morgan fingerprint density at radius 2 is 1.94 bits per heavy atom. The number of carbonyl (C=O) groups excluding carboxylic acids is 1. The normalized spacial score (nSPS) is 10.9. The molecule has 10 heteroatoms. The van der Waals surface area contributed by atoms with Crippen LogP contribution in [0.3, 0.4) is 0 Å². The van der Waals surface area contributed by atoms with Crippen LogP contribution in [0.5, 0.6) is 5.88 Å². The van der Waals surface area contributed by atoms with Gasteiger partial charge in [0.2, 0.25) is 5.88 Å². The van der Waals surface area contributed by atoms with Gasteiger partial charge in [-0.3, -0.25) is 18.7 Å². The molecule has 0 fully saturated rings. The van der Waals surface area contributed by atoms with E-state index in [9.17, 15) is 14.4 Å². The highest BCUT2D eigenvalue weighted by atomic mass is 79.9. The maximum absolute atomic E-state index is 13.2. The van der Waals surface area contributed by atoms with Gasteiger partial charge in [0, 0.05) is 30.3 Å². The van der Waals surface area contributed by atoms with Crippen molar-refractivity contribution in [1.82, 2.24) is 24.4 Å². The summed E-state index contributed by atoms with van der Waals surface area (Å²) in [4.78, 5) is 46.9. The van der Waals surface area contributed by atoms with Gasteiger partial charge >= 0.3 is 5.69 Å². The minimum atomic E-state index is -0.483. The number of nitrogens with one attached hydrogen (secondary N) is 1. The van der Waals surface area contributed by atoms with Crippen LogP contribution in [0.1, 0.15) is 21.6 Å². The minimum absolute atomic E-state index is 0.0771. The third-order valence-corrected chi connectivity index (χ3v) is 5.65. The van der Waals surface area contributed by atoms with E-state index >= 15 is 0 Å². The average molecular weight is 510 g/mol. The fourth-order valence-corrected chi connectivity index (χ4v) is 3.88. The van der Waals surface area contributed by atoms with Gasteiger partial charge < -0.3 is 10.1 Å². The maximum atomic E-state index is 13.2. The van der Waals surface area contributed by atoms with E-state index < -0.39 is 17.2 Å². The second-order valence-corrected chi connectivity index (χ2v) is 8.25. The lowest BCUT2D eigenvalue weighted by molar-refractivity contribution is 0.0946. The summed E-state index contributed by atoms with van der Waals surface area (Å²) in [6, 6.07) is 12.3. The number of methoxy groups -OCH3 is 1. The molecule has 4 aromatic rings. The van der Waals surface area contributed by atoms with Crippen molar-refractivity contribution in [1.29, 1.82) is 0 Å². The highest BCUT2D eigenvalue weighted by molar-refractivity contribution is 9.10. The topological polar surface area (TPSA) is 108 Å². The van der Waals surface area contributed by atoms with Gasteiger partial charge in [0.05, 0.1) is 30.8 Å². The van der Waals surface area contributed by atoms with Crippen molar-refractivity contribution >= 4 is 32.7 Å². The highest BCUT2D eigenvalue weighted by Crippen LogP contribution is 2.13. The SMILES string of the molecule is COc1cc(CNC(=O)c2cc3c(=O)n(Cc4cccc(Br)c4)c(=O)n(C)c3cn2)ccn1. The summed E-state index contributed by atoms with van der Waals surface area (Å²) in [5.74, 6) is -0.00281. The number of pyridine rings is 2. The molecule has 0 aliphatic heterocycles. The second kappa shape index (κ2) is 9.37. The predicted octanol–water partition coefficient (Wildman–Crippen LogP) is 2.24. The van der Waals surface area contributed by atoms with E-state index in [1.54, 1.807) is 25.4 Å². The molecule has 0 saturated heterocycles. The molecule has 0 radical (unpaired) electrons. The summed E-state index contributed by atoms with van der Waals surface area (Å²) in [7, 11) is 3.08. The number of fused-ring (bicyclic) bond motifs is 1. The van der Waals surface area contributed by atoms with Gasteiger partial charge in [-0.15, -0.1) is 0 Å². The zero-order valence-electron chi connectivity index (χ0n) is 17.9. The van der Waals surface area contributed by atoms with E-state index in [1.807, 2.05) is 24.3 Å². The quantitative estimate of drug-likeness (QED) is 0.427.